The molecule has 0 aliphatic carbocycles. The van der Waals surface area contributed by atoms with Gasteiger partial charge in [0.05, 0.1) is 0 Å². The molecule has 1 heterocycles. The zero-order valence-electron chi connectivity index (χ0n) is 9.38. The summed E-state index contributed by atoms with van der Waals surface area (Å²) in [5, 5.41) is 4.53. The second kappa shape index (κ2) is 4.64. The Morgan fingerprint density at radius 3 is 2.12 bits per heavy atom. The summed E-state index contributed by atoms with van der Waals surface area (Å²) in [4.78, 5) is 1.39. The van der Waals surface area contributed by atoms with Crippen LogP contribution in [0.4, 0.5) is 0 Å². The normalized spacial score (nSPS) is 20.2. The van der Waals surface area contributed by atoms with Gasteiger partial charge >= 0.3 is 0 Å². The average Bonchev–Trinajstić information content (AvgIpc) is 2.90. The summed E-state index contributed by atoms with van der Waals surface area (Å²) in [5.41, 5.74) is 2.48. The van der Waals surface area contributed by atoms with E-state index in [2.05, 4.69) is 71.5 Å². The summed E-state index contributed by atoms with van der Waals surface area (Å²) in [6, 6.07) is 21.1. The number of hydrogen-bond acceptors (Lipinski definition) is 0. The molecule has 2 aromatic rings. The van der Waals surface area contributed by atoms with E-state index in [4.69, 9.17) is 0 Å². The summed E-state index contributed by atoms with van der Waals surface area (Å²) in [7, 11) is -0.301. The number of hydrogen-bond donors (Lipinski definition) is 1. The molecule has 0 aromatic heterocycles. The summed E-state index contributed by atoms with van der Waals surface area (Å²) in [6.45, 7) is 0. The average molecular weight is 237 g/mol. The van der Waals surface area contributed by atoms with Gasteiger partial charge in [-0.3, -0.25) is 0 Å². The number of allylic oxidation sites excluding steroid dienone is 2. The van der Waals surface area contributed by atoms with Crippen LogP contribution in [-0.2, 0) is 0 Å². The Hall–Kier alpha value is -1.73. The van der Waals surface area contributed by atoms with E-state index in [1.807, 2.05) is 6.07 Å². The third-order valence-electron chi connectivity index (χ3n) is 2.77. The lowest BCUT2D eigenvalue weighted by molar-refractivity contribution is 1.47. The maximum Gasteiger partial charge on any atom is -0.00376 e. The minimum Gasteiger partial charge on any atom is -0.185 e. The molecule has 0 amide bonds. The van der Waals surface area contributed by atoms with Gasteiger partial charge in [0.2, 0.25) is 0 Å². The molecule has 0 nitrogen and oxygen atoms in total. The fourth-order valence-corrected chi connectivity index (χ4v) is 3.55. The minimum absolute atomic E-state index is 0.301. The van der Waals surface area contributed by atoms with E-state index in [-0.39, 0.29) is 10.9 Å². The van der Waals surface area contributed by atoms with Crippen molar-refractivity contribution in [2.45, 2.75) is 4.90 Å². The van der Waals surface area contributed by atoms with Gasteiger partial charge in [-0.1, -0.05) is 48.5 Å². The Balaban J connectivity index is 1.91. The van der Waals surface area contributed by atoms with Crippen molar-refractivity contribution in [2.75, 3.05) is 0 Å². The highest BCUT2D eigenvalue weighted by Gasteiger charge is 2.09. The van der Waals surface area contributed by atoms with Crippen molar-refractivity contribution < 1.29 is 0 Å². The van der Waals surface area contributed by atoms with Crippen LogP contribution in [0.3, 0.4) is 0 Å². The van der Waals surface area contributed by atoms with E-state index >= 15 is 0 Å². The van der Waals surface area contributed by atoms with Crippen LogP contribution in [0.1, 0.15) is 5.56 Å². The Labute approximate surface area is 105 Å². The van der Waals surface area contributed by atoms with E-state index in [0.717, 1.165) is 0 Å². The van der Waals surface area contributed by atoms with Crippen molar-refractivity contribution in [3.05, 3.63) is 83.1 Å². The molecule has 3 rings (SSSR count). The molecule has 1 unspecified atom stereocenters. The van der Waals surface area contributed by atoms with Gasteiger partial charge in [0, 0.05) is 0 Å². The molecule has 1 atom stereocenters. The molecule has 0 spiro atoms. The molecule has 0 saturated carbocycles. The van der Waals surface area contributed by atoms with Crippen LogP contribution < -0.4 is 0 Å². The van der Waals surface area contributed by atoms with Crippen molar-refractivity contribution >= 4 is 16.5 Å². The van der Waals surface area contributed by atoms with Crippen molar-refractivity contribution in [2.24, 2.45) is 0 Å². The first-order chi connectivity index (χ1) is 8.43. The minimum atomic E-state index is -0.301. The molecule has 0 saturated heterocycles. The lowest BCUT2D eigenvalue weighted by Gasteiger charge is -2.09. The molecule has 2 aromatic carbocycles. The first-order valence-electron chi connectivity index (χ1n) is 5.64. The molecule has 1 radical (unpaired) electrons. The molecule has 0 N–H and O–H groups in total. The largest absolute Gasteiger partial charge is 0.185 e. The molecule has 1 aliphatic rings. The third kappa shape index (κ3) is 2.20. The molecule has 1 heteroatoms. The topological polar surface area (TPSA) is 0 Å². The van der Waals surface area contributed by atoms with Gasteiger partial charge in [-0.2, -0.15) is 10.9 Å². The maximum absolute atomic E-state index is 3.39. The Bertz CT molecular complexity index is 553. The van der Waals surface area contributed by atoms with Crippen molar-refractivity contribution in [1.82, 2.24) is 0 Å². The van der Waals surface area contributed by atoms with Crippen LogP contribution in [0.15, 0.2) is 76.4 Å². The first kappa shape index (κ1) is 10.4. The molecular formula is C16H13S. The van der Waals surface area contributed by atoms with Crippen LogP contribution in [0.2, 0.25) is 0 Å². The summed E-state index contributed by atoms with van der Waals surface area (Å²) < 4.78 is 0. The zero-order valence-corrected chi connectivity index (χ0v) is 10.3. The fourth-order valence-electron chi connectivity index (χ4n) is 1.88. The quantitative estimate of drug-likeness (QED) is 0.734. The first-order valence-corrected chi connectivity index (χ1v) is 7.12. The monoisotopic (exact) mass is 237 g/mol. The van der Waals surface area contributed by atoms with E-state index < -0.39 is 0 Å². The predicted octanol–water partition coefficient (Wildman–Crippen LogP) is 4.42. The Morgan fingerprint density at radius 2 is 1.41 bits per heavy atom. The summed E-state index contributed by atoms with van der Waals surface area (Å²) in [5.74, 6) is 0. The van der Waals surface area contributed by atoms with Crippen LogP contribution in [0.25, 0.3) is 5.57 Å². The smallest absolute Gasteiger partial charge is 0.00376 e. The number of benzene rings is 2. The zero-order chi connectivity index (χ0) is 11.5. The second-order valence-electron chi connectivity index (χ2n) is 3.93. The van der Waals surface area contributed by atoms with Gasteiger partial charge in [0.1, 0.15) is 0 Å². The van der Waals surface area contributed by atoms with E-state index in [1.165, 1.54) is 16.0 Å². The maximum atomic E-state index is 3.39. The Morgan fingerprint density at radius 1 is 0.765 bits per heavy atom. The second-order valence-corrected chi connectivity index (χ2v) is 5.77. The van der Waals surface area contributed by atoms with Gasteiger partial charge < -0.3 is 0 Å². The van der Waals surface area contributed by atoms with E-state index in [9.17, 15) is 0 Å². The van der Waals surface area contributed by atoms with Crippen LogP contribution in [-0.4, -0.2) is 0 Å². The standard InChI is InChI=1S/C16H13S/c1-3-7-14(8-4-1)15-11-12-17(13-15)16-9-5-2-6-10-16/h1-10,12-13,17H. The number of rotatable bonds is 2. The van der Waals surface area contributed by atoms with E-state index in [1.54, 1.807) is 0 Å². The predicted molar refractivity (Wildman–Crippen MR) is 75.9 cm³/mol. The molecule has 83 valence electrons. The fraction of sp³-hybridized carbons (Fsp3) is 0. The van der Waals surface area contributed by atoms with Gasteiger partial charge in [-0.25, -0.2) is 0 Å². The highest BCUT2D eigenvalue weighted by Crippen LogP contribution is 2.45. The third-order valence-corrected chi connectivity index (χ3v) is 4.60. The van der Waals surface area contributed by atoms with Crippen LogP contribution in [0.5, 0.6) is 0 Å². The van der Waals surface area contributed by atoms with E-state index in [0.29, 0.717) is 0 Å². The summed E-state index contributed by atoms with van der Waals surface area (Å²) in [6.07, 6.45) is 3.39. The van der Waals surface area contributed by atoms with Crippen LogP contribution >= 0.6 is 10.9 Å². The Kier molecular flexibility index (Phi) is 2.85. The van der Waals surface area contributed by atoms with Gasteiger partial charge in [-0.15, -0.1) is 0 Å². The molecule has 0 bridgehead atoms. The lowest BCUT2D eigenvalue weighted by Crippen LogP contribution is -1.76. The lowest BCUT2D eigenvalue weighted by atomic mass is 10.1. The molecule has 1 aliphatic heterocycles. The van der Waals surface area contributed by atoms with Crippen molar-refractivity contribution in [3.8, 4) is 0 Å². The molecule has 0 fully saturated rings. The van der Waals surface area contributed by atoms with Crippen molar-refractivity contribution in [3.63, 3.8) is 0 Å². The summed E-state index contributed by atoms with van der Waals surface area (Å²) >= 11 is 0. The SMILES string of the molecule is [C]1=C[SH](c2ccccc2)C=C1c1ccccc1. The van der Waals surface area contributed by atoms with Crippen LogP contribution in [0, 0.1) is 6.08 Å². The van der Waals surface area contributed by atoms with Crippen molar-refractivity contribution in [1.29, 1.82) is 0 Å². The highest BCUT2D eigenvalue weighted by atomic mass is 32.2. The van der Waals surface area contributed by atoms with Gasteiger partial charge in [0.15, 0.2) is 0 Å². The van der Waals surface area contributed by atoms with Gasteiger partial charge in [-0.05, 0) is 45.1 Å². The number of thiol groups is 1. The van der Waals surface area contributed by atoms with Gasteiger partial charge in [0.25, 0.3) is 0 Å². The molecular weight excluding hydrogens is 224 g/mol. The molecule has 17 heavy (non-hydrogen) atoms. The highest BCUT2D eigenvalue weighted by molar-refractivity contribution is 8.22.